The molecule has 1 amide bonds. The molecule has 1 aliphatic heterocycles. The van der Waals surface area contributed by atoms with E-state index in [1.807, 2.05) is 12.1 Å². The third-order valence-electron chi connectivity index (χ3n) is 2.77. The van der Waals surface area contributed by atoms with Crippen molar-refractivity contribution in [3.05, 3.63) is 29.8 Å². The van der Waals surface area contributed by atoms with Gasteiger partial charge in [-0.2, -0.15) is 0 Å². The summed E-state index contributed by atoms with van der Waals surface area (Å²) in [6.45, 7) is 1.46. The first-order valence-electron chi connectivity index (χ1n) is 5.58. The van der Waals surface area contributed by atoms with Gasteiger partial charge in [-0.3, -0.25) is 9.80 Å². The van der Waals surface area contributed by atoms with E-state index in [2.05, 4.69) is 5.43 Å². The molecular weight excluding hydrogens is 204 g/mol. The number of aromatic hydroxyl groups is 1. The molecule has 0 saturated carbocycles. The number of phenols is 1. The quantitative estimate of drug-likeness (QED) is 0.801. The number of phenolic OH excluding ortho intramolecular Hbond substituents is 1. The molecule has 86 valence electrons. The van der Waals surface area contributed by atoms with Crippen LogP contribution in [0.4, 0.5) is 0 Å². The van der Waals surface area contributed by atoms with E-state index in [4.69, 9.17) is 0 Å². The van der Waals surface area contributed by atoms with E-state index in [1.54, 1.807) is 17.1 Å². The van der Waals surface area contributed by atoms with E-state index in [9.17, 15) is 9.90 Å². The highest BCUT2D eigenvalue weighted by molar-refractivity contribution is 5.76. The molecule has 2 N–H and O–H groups in total. The number of rotatable bonds is 3. The van der Waals surface area contributed by atoms with Crippen molar-refractivity contribution < 1.29 is 9.90 Å². The molecule has 1 aliphatic rings. The van der Waals surface area contributed by atoms with E-state index in [-0.39, 0.29) is 5.91 Å². The molecule has 1 aromatic rings. The minimum absolute atomic E-state index is 0.140. The lowest BCUT2D eigenvalue weighted by atomic mass is 10.1. The summed E-state index contributed by atoms with van der Waals surface area (Å²) >= 11 is 0. The van der Waals surface area contributed by atoms with Crippen molar-refractivity contribution in [3.8, 4) is 5.75 Å². The molecule has 0 atom stereocenters. The maximum atomic E-state index is 11.5. The van der Waals surface area contributed by atoms with Gasteiger partial charge in [0.2, 0.25) is 5.91 Å². The molecule has 4 nitrogen and oxygen atoms in total. The number of carbonyl (C=O) groups is 1. The first kappa shape index (κ1) is 11.0. The highest BCUT2D eigenvalue weighted by Crippen LogP contribution is 2.16. The van der Waals surface area contributed by atoms with Gasteiger partial charge in [0.05, 0.1) is 0 Å². The van der Waals surface area contributed by atoms with Crippen molar-refractivity contribution in [3.63, 3.8) is 0 Å². The van der Waals surface area contributed by atoms with Crippen molar-refractivity contribution in [1.82, 2.24) is 10.4 Å². The number of hydrazine groups is 1. The number of hydrogen-bond donors (Lipinski definition) is 2. The molecule has 0 aromatic heterocycles. The van der Waals surface area contributed by atoms with Gasteiger partial charge in [-0.05, 0) is 24.5 Å². The topological polar surface area (TPSA) is 52.6 Å². The zero-order chi connectivity index (χ0) is 11.4. The van der Waals surface area contributed by atoms with Gasteiger partial charge in [0.25, 0.3) is 0 Å². The highest BCUT2D eigenvalue weighted by atomic mass is 16.3. The van der Waals surface area contributed by atoms with Gasteiger partial charge >= 0.3 is 0 Å². The molecule has 1 aromatic carbocycles. The second-order valence-corrected chi connectivity index (χ2v) is 3.94. The molecule has 4 heteroatoms. The summed E-state index contributed by atoms with van der Waals surface area (Å²) in [5.41, 5.74) is 3.94. The number of carbonyl (C=O) groups excluding carboxylic acids is 1. The Morgan fingerprint density at radius 3 is 2.94 bits per heavy atom. The number of benzene rings is 1. The minimum Gasteiger partial charge on any atom is -0.508 e. The van der Waals surface area contributed by atoms with Crippen molar-refractivity contribution in [2.45, 2.75) is 19.3 Å². The zero-order valence-corrected chi connectivity index (χ0v) is 9.15. The molecule has 0 spiro atoms. The second kappa shape index (κ2) is 4.99. The molecule has 0 aliphatic carbocycles. The van der Waals surface area contributed by atoms with Crippen LogP contribution < -0.4 is 5.43 Å². The molecule has 0 radical (unpaired) electrons. The first-order chi connectivity index (χ1) is 7.77. The summed E-state index contributed by atoms with van der Waals surface area (Å²) in [4.78, 5) is 11.5. The molecule has 0 bridgehead atoms. The lowest BCUT2D eigenvalue weighted by Crippen LogP contribution is -2.47. The Kier molecular flexibility index (Phi) is 3.41. The Hall–Kier alpha value is -1.55. The fraction of sp³-hybridized carbons (Fsp3) is 0.417. The smallest absolute Gasteiger partial charge is 0.236 e. The second-order valence-electron chi connectivity index (χ2n) is 3.94. The van der Waals surface area contributed by atoms with Crippen LogP contribution in [0.1, 0.15) is 18.4 Å². The predicted molar refractivity (Wildman–Crippen MR) is 60.8 cm³/mol. The minimum atomic E-state index is 0.140. The summed E-state index contributed by atoms with van der Waals surface area (Å²) < 4.78 is 0. The lowest BCUT2D eigenvalue weighted by molar-refractivity contribution is -0.136. The van der Waals surface area contributed by atoms with E-state index in [1.165, 1.54) is 0 Å². The van der Waals surface area contributed by atoms with Crippen LogP contribution in [0.5, 0.6) is 5.75 Å². The number of para-hydroxylation sites is 1. The molecular formula is C12H16N2O2. The van der Waals surface area contributed by atoms with Crippen LogP contribution in [0.3, 0.4) is 0 Å². The van der Waals surface area contributed by atoms with Gasteiger partial charge in [-0.25, -0.2) is 5.43 Å². The Balaban J connectivity index is 1.92. The van der Waals surface area contributed by atoms with Crippen LogP contribution in [0, 0.1) is 0 Å². The third kappa shape index (κ3) is 2.52. The predicted octanol–water partition coefficient (Wildman–Crippen LogP) is 1.06. The van der Waals surface area contributed by atoms with Crippen LogP contribution in [-0.4, -0.2) is 29.1 Å². The summed E-state index contributed by atoms with van der Waals surface area (Å²) in [6, 6.07) is 7.23. The molecule has 0 unspecified atom stereocenters. The van der Waals surface area contributed by atoms with Gasteiger partial charge in [0.1, 0.15) is 5.75 Å². The van der Waals surface area contributed by atoms with E-state index < -0.39 is 0 Å². The standard InChI is InChI=1S/C12H16N2O2/c15-11-5-2-1-4-10(11)7-9-14-12(16)6-3-8-13-14/h1-2,4-5,13,15H,3,6-9H2. The van der Waals surface area contributed by atoms with Crippen LogP contribution in [-0.2, 0) is 11.2 Å². The molecule has 1 fully saturated rings. The summed E-state index contributed by atoms with van der Waals surface area (Å²) in [5, 5.41) is 11.2. The van der Waals surface area contributed by atoms with Crippen molar-refractivity contribution >= 4 is 5.91 Å². The number of amides is 1. The summed E-state index contributed by atoms with van der Waals surface area (Å²) in [5.74, 6) is 0.439. The molecule has 2 rings (SSSR count). The summed E-state index contributed by atoms with van der Waals surface area (Å²) in [7, 11) is 0. The van der Waals surface area contributed by atoms with Gasteiger partial charge in [0, 0.05) is 19.5 Å². The van der Waals surface area contributed by atoms with E-state index >= 15 is 0 Å². The van der Waals surface area contributed by atoms with Gasteiger partial charge in [0.15, 0.2) is 0 Å². The van der Waals surface area contributed by atoms with Gasteiger partial charge < -0.3 is 5.11 Å². The number of hydrogen-bond acceptors (Lipinski definition) is 3. The maximum absolute atomic E-state index is 11.5. The monoisotopic (exact) mass is 220 g/mol. The van der Waals surface area contributed by atoms with Crippen LogP contribution in [0.2, 0.25) is 0 Å². The van der Waals surface area contributed by atoms with Crippen LogP contribution in [0.25, 0.3) is 0 Å². The number of nitrogens with one attached hydrogen (secondary N) is 1. The van der Waals surface area contributed by atoms with E-state index in [0.717, 1.165) is 18.5 Å². The maximum Gasteiger partial charge on any atom is 0.236 e. The van der Waals surface area contributed by atoms with Gasteiger partial charge in [-0.15, -0.1) is 0 Å². The van der Waals surface area contributed by atoms with Crippen molar-refractivity contribution in [2.75, 3.05) is 13.1 Å². The lowest BCUT2D eigenvalue weighted by Gasteiger charge is -2.27. The SMILES string of the molecule is O=C1CCCNN1CCc1ccccc1O. The molecule has 1 heterocycles. The Labute approximate surface area is 94.9 Å². The van der Waals surface area contributed by atoms with Crippen LogP contribution >= 0.6 is 0 Å². The first-order valence-corrected chi connectivity index (χ1v) is 5.58. The normalized spacial score (nSPS) is 16.5. The average molecular weight is 220 g/mol. The highest BCUT2D eigenvalue weighted by Gasteiger charge is 2.17. The Bertz CT molecular complexity index is 379. The average Bonchev–Trinajstić information content (AvgIpc) is 2.30. The molecule has 1 saturated heterocycles. The van der Waals surface area contributed by atoms with Crippen LogP contribution in [0.15, 0.2) is 24.3 Å². The van der Waals surface area contributed by atoms with Crippen molar-refractivity contribution in [1.29, 1.82) is 0 Å². The van der Waals surface area contributed by atoms with Gasteiger partial charge in [-0.1, -0.05) is 18.2 Å². The van der Waals surface area contributed by atoms with Crippen molar-refractivity contribution in [2.24, 2.45) is 0 Å². The Morgan fingerprint density at radius 1 is 1.38 bits per heavy atom. The van der Waals surface area contributed by atoms with E-state index in [0.29, 0.717) is 25.1 Å². The molecule has 16 heavy (non-hydrogen) atoms. The number of nitrogens with zero attached hydrogens (tertiary/aromatic N) is 1. The summed E-state index contributed by atoms with van der Waals surface area (Å²) in [6.07, 6.45) is 2.20. The fourth-order valence-electron chi connectivity index (χ4n) is 1.84. The third-order valence-corrected chi connectivity index (χ3v) is 2.77. The zero-order valence-electron chi connectivity index (χ0n) is 9.15. The fourth-order valence-corrected chi connectivity index (χ4v) is 1.84. The Morgan fingerprint density at radius 2 is 2.19 bits per heavy atom. The largest absolute Gasteiger partial charge is 0.508 e.